The van der Waals surface area contributed by atoms with E-state index in [9.17, 15) is 4.79 Å². The highest BCUT2D eigenvalue weighted by atomic mass is 16.1. The summed E-state index contributed by atoms with van der Waals surface area (Å²) in [6.07, 6.45) is 3.58. The molecule has 17 heavy (non-hydrogen) atoms. The molecule has 7 heteroatoms. The Bertz CT molecular complexity index is 518. The van der Waals surface area contributed by atoms with Crippen molar-refractivity contribution in [1.29, 1.82) is 0 Å². The molecule has 0 aliphatic rings. The van der Waals surface area contributed by atoms with Gasteiger partial charge in [-0.05, 0) is 12.1 Å². The molecule has 7 nitrogen and oxygen atoms in total. The van der Waals surface area contributed by atoms with Crippen LogP contribution in [-0.4, -0.2) is 25.7 Å². The maximum absolute atomic E-state index is 10.8. The zero-order valence-electron chi connectivity index (χ0n) is 9.29. The number of rotatable bonds is 4. The molecule has 0 radical (unpaired) electrons. The molecule has 0 atom stereocenters. The van der Waals surface area contributed by atoms with Gasteiger partial charge in [0, 0.05) is 19.4 Å². The molecule has 0 unspecified atom stereocenters. The molecule has 2 aromatic heterocycles. The van der Waals surface area contributed by atoms with E-state index in [2.05, 4.69) is 20.5 Å². The molecule has 0 aliphatic heterocycles. The van der Waals surface area contributed by atoms with Crippen molar-refractivity contribution in [1.82, 2.24) is 19.7 Å². The molecule has 0 bridgehead atoms. The zero-order valence-corrected chi connectivity index (χ0v) is 9.29. The van der Waals surface area contributed by atoms with Crippen LogP contribution in [0, 0.1) is 0 Å². The van der Waals surface area contributed by atoms with Gasteiger partial charge in [-0.2, -0.15) is 0 Å². The Balaban J connectivity index is 2.00. The van der Waals surface area contributed by atoms with Gasteiger partial charge in [0.1, 0.15) is 11.6 Å². The van der Waals surface area contributed by atoms with Gasteiger partial charge < -0.3 is 15.6 Å². The molecule has 2 aromatic rings. The number of anilines is 1. The summed E-state index contributed by atoms with van der Waals surface area (Å²) in [5.41, 5.74) is 5.21. The number of carbonyl (C=O) groups is 1. The second-order valence-corrected chi connectivity index (χ2v) is 3.48. The fourth-order valence-corrected chi connectivity index (χ4v) is 1.29. The standard InChI is InChI=1S/C10H12N6O/c1-16-5-4-12-9(16)6-13-8-3-2-7(10(11)17)14-15-8/h2-5H,6H2,1H3,(H2,11,17)(H,13,15). The van der Waals surface area contributed by atoms with Crippen molar-refractivity contribution in [3.63, 3.8) is 0 Å². The summed E-state index contributed by atoms with van der Waals surface area (Å²) in [5.74, 6) is 0.858. The van der Waals surface area contributed by atoms with Crippen LogP contribution in [0.4, 0.5) is 5.82 Å². The number of aryl methyl sites for hydroxylation is 1. The number of carbonyl (C=O) groups excluding carboxylic acids is 1. The van der Waals surface area contributed by atoms with Crippen LogP contribution in [0.15, 0.2) is 24.5 Å². The van der Waals surface area contributed by atoms with E-state index in [0.717, 1.165) is 5.82 Å². The van der Waals surface area contributed by atoms with E-state index in [4.69, 9.17) is 5.73 Å². The minimum absolute atomic E-state index is 0.146. The molecular formula is C10H12N6O. The molecule has 3 N–H and O–H groups in total. The molecule has 0 fully saturated rings. The first-order chi connectivity index (χ1) is 8.16. The molecule has 2 rings (SSSR count). The molecular weight excluding hydrogens is 220 g/mol. The first-order valence-electron chi connectivity index (χ1n) is 5.00. The first kappa shape index (κ1) is 11.1. The number of nitrogens with one attached hydrogen (secondary N) is 1. The van der Waals surface area contributed by atoms with Crippen molar-refractivity contribution in [3.05, 3.63) is 36.0 Å². The van der Waals surface area contributed by atoms with E-state index in [1.807, 2.05) is 17.8 Å². The summed E-state index contributed by atoms with van der Waals surface area (Å²) in [7, 11) is 1.91. The maximum atomic E-state index is 10.8. The lowest BCUT2D eigenvalue weighted by molar-refractivity contribution is 0.0994. The van der Waals surface area contributed by atoms with Gasteiger partial charge in [-0.15, -0.1) is 10.2 Å². The van der Waals surface area contributed by atoms with E-state index >= 15 is 0 Å². The van der Waals surface area contributed by atoms with Gasteiger partial charge in [-0.25, -0.2) is 4.98 Å². The number of hydrogen-bond donors (Lipinski definition) is 2. The van der Waals surface area contributed by atoms with Gasteiger partial charge in [0.2, 0.25) is 0 Å². The Morgan fingerprint density at radius 3 is 2.82 bits per heavy atom. The fraction of sp³-hybridized carbons (Fsp3) is 0.200. The predicted molar refractivity (Wildman–Crippen MR) is 61.1 cm³/mol. The lowest BCUT2D eigenvalue weighted by Gasteiger charge is -2.04. The average Bonchev–Trinajstić information content (AvgIpc) is 2.73. The minimum atomic E-state index is -0.590. The number of imidazole rings is 1. The Morgan fingerprint density at radius 1 is 1.47 bits per heavy atom. The van der Waals surface area contributed by atoms with Gasteiger partial charge >= 0.3 is 0 Å². The third-order valence-electron chi connectivity index (χ3n) is 2.27. The molecule has 0 aliphatic carbocycles. The quantitative estimate of drug-likeness (QED) is 0.768. The number of nitrogens with zero attached hydrogens (tertiary/aromatic N) is 4. The number of primary amides is 1. The fourth-order valence-electron chi connectivity index (χ4n) is 1.29. The van der Waals surface area contributed by atoms with E-state index in [1.165, 1.54) is 6.07 Å². The highest BCUT2D eigenvalue weighted by Gasteiger charge is 2.03. The number of hydrogen-bond acceptors (Lipinski definition) is 5. The molecule has 1 amide bonds. The molecule has 88 valence electrons. The minimum Gasteiger partial charge on any atom is -0.364 e. The SMILES string of the molecule is Cn1ccnc1CNc1ccc(C(N)=O)nn1. The highest BCUT2D eigenvalue weighted by molar-refractivity contribution is 5.90. The first-order valence-corrected chi connectivity index (χ1v) is 5.00. The van der Waals surface area contributed by atoms with Gasteiger partial charge in [0.05, 0.1) is 6.54 Å². The lowest BCUT2D eigenvalue weighted by Crippen LogP contribution is -2.14. The van der Waals surface area contributed by atoms with Crippen molar-refractivity contribution in [2.75, 3.05) is 5.32 Å². The second kappa shape index (κ2) is 4.60. The molecule has 0 saturated heterocycles. The third kappa shape index (κ3) is 2.57. The van der Waals surface area contributed by atoms with Crippen LogP contribution in [0.2, 0.25) is 0 Å². The molecule has 0 aromatic carbocycles. The summed E-state index contributed by atoms with van der Waals surface area (Å²) in [4.78, 5) is 14.9. The van der Waals surface area contributed by atoms with Gasteiger partial charge in [0.25, 0.3) is 5.91 Å². The van der Waals surface area contributed by atoms with E-state index in [-0.39, 0.29) is 5.69 Å². The van der Waals surface area contributed by atoms with Crippen molar-refractivity contribution in [2.24, 2.45) is 12.8 Å². The number of nitrogens with two attached hydrogens (primary N) is 1. The second-order valence-electron chi connectivity index (χ2n) is 3.48. The van der Waals surface area contributed by atoms with Gasteiger partial charge in [0.15, 0.2) is 5.69 Å². The summed E-state index contributed by atoms with van der Waals surface area (Å²) in [5, 5.41) is 10.6. The Kier molecular flexibility index (Phi) is 2.99. The topological polar surface area (TPSA) is 98.7 Å². The predicted octanol–water partition coefficient (Wildman–Crippen LogP) is -0.0789. The van der Waals surface area contributed by atoms with Crippen LogP contribution >= 0.6 is 0 Å². The summed E-state index contributed by atoms with van der Waals surface area (Å²) in [6.45, 7) is 0.536. The summed E-state index contributed by atoms with van der Waals surface area (Å²) >= 11 is 0. The van der Waals surface area contributed by atoms with Crippen LogP contribution in [0.25, 0.3) is 0 Å². The molecule has 0 spiro atoms. The van der Waals surface area contributed by atoms with Crippen LogP contribution in [0.5, 0.6) is 0 Å². The number of amides is 1. The monoisotopic (exact) mass is 232 g/mol. The normalized spacial score (nSPS) is 10.2. The van der Waals surface area contributed by atoms with Crippen LogP contribution in [0.3, 0.4) is 0 Å². The van der Waals surface area contributed by atoms with Crippen molar-refractivity contribution in [3.8, 4) is 0 Å². The lowest BCUT2D eigenvalue weighted by atomic mass is 10.4. The molecule has 0 saturated carbocycles. The Labute approximate surface area is 97.7 Å². The van der Waals surface area contributed by atoms with Crippen LogP contribution < -0.4 is 11.1 Å². The molecule has 2 heterocycles. The van der Waals surface area contributed by atoms with E-state index in [0.29, 0.717) is 12.4 Å². The van der Waals surface area contributed by atoms with E-state index in [1.54, 1.807) is 12.3 Å². The Morgan fingerprint density at radius 2 is 2.29 bits per heavy atom. The average molecular weight is 232 g/mol. The van der Waals surface area contributed by atoms with Crippen LogP contribution in [-0.2, 0) is 13.6 Å². The van der Waals surface area contributed by atoms with Crippen molar-refractivity contribution >= 4 is 11.7 Å². The summed E-state index contributed by atoms with van der Waals surface area (Å²) < 4.78 is 1.90. The number of aromatic nitrogens is 4. The third-order valence-corrected chi connectivity index (χ3v) is 2.27. The largest absolute Gasteiger partial charge is 0.364 e. The van der Waals surface area contributed by atoms with E-state index < -0.39 is 5.91 Å². The maximum Gasteiger partial charge on any atom is 0.269 e. The van der Waals surface area contributed by atoms with Crippen molar-refractivity contribution < 1.29 is 4.79 Å². The van der Waals surface area contributed by atoms with Crippen molar-refractivity contribution in [2.45, 2.75) is 6.54 Å². The van der Waals surface area contributed by atoms with Gasteiger partial charge in [-0.3, -0.25) is 4.79 Å². The van der Waals surface area contributed by atoms with Gasteiger partial charge in [-0.1, -0.05) is 0 Å². The zero-order chi connectivity index (χ0) is 12.3. The Hall–Kier alpha value is -2.44. The van der Waals surface area contributed by atoms with Crippen LogP contribution in [0.1, 0.15) is 16.3 Å². The smallest absolute Gasteiger partial charge is 0.269 e. The highest BCUT2D eigenvalue weighted by Crippen LogP contribution is 2.04. The summed E-state index contributed by atoms with van der Waals surface area (Å²) in [6, 6.07) is 3.17.